The predicted octanol–water partition coefficient (Wildman–Crippen LogP) is 2.29. The molecule has 2 heterocycles. The van der Waals surface area contributed by atoms with Crippen molar-refractivity contribution in [3.63, 3.8) is 0 Å². The Kier molecular flexibility index (Phi) is 11.8. The second kappa shape index (κ2) is 15.4. The zero-order valence-corrected chi connectivity index (χ0v) is 23.3. The second-order valence-corrected chi connectivity index (χ2v) is 9.23. The highest BCUT2D eigenvalue weighted by Crippen LogP contribution is 2.36. The van der Waals surface area contributed by atoms with E-state index in [1.54, 1.807) is 25.1 Å². The number of benzene rings is 2. The molecular formula is C29H36N6O7. The third kappa shape index (κ3) is 7.79. The summed E-state index contributed by atoms with van der Waals surface area (Å²) in [6.45, 7) is 2.64. The largest absolute Gasteiger partial charge is 0.505 e. The minimum atomic E-state index is -1.20. The fraction of sp³-hybridized carbons (Fsp3) is 0.310. The number of aliphatic hydroxyl groups is 2. The summed E-state index contributed by atoms with van der Waals surface area (Å²) in [5, 5.41) is 45.2. The van der Waals surface area contributed by atoms with Crippen molar-refractivity contribution in [3.8, 4) is 17.1 Å². The summed E-state index contributed by atoms with van der Waals surface area (Å²) in [6.07, 6.45) is 4.38. The van der Waals surface area contributed by atoms with E-state index in [0.29, 0.717) is 24.5 Å². The molecule has 42 heavy (non-hydrogen) atoms. The van der Waals surface area contributed by atoms with Crippen LogP contribution in [-0.4, -0.2) is 70.0 Å². The average Bonchev–Trinajstić information content (AvgIpc) is 3.61. The van der Waals surface area contributed by atoms with Gasteiger partial charge in [-0.1, -0.05) is 12.1 Å². The van der Waals surface area contributed by atoms with Crippen LogP contribution in [0, 0.1) is 0 Å². The molecule has 0 fully saturated rings. The fourth-order valence-electron chi connectivity index (χ4n) is 4.20. The van der Waals surface area contributed by atoms with Crippen LogP contribution in [0.25, 0.3) is 11.3 Å². The van der Waals surface area contributed by atoms with Crippen molar-refractivity contribution in [1.82, 2.24) is 0 Å². The summed E-state index contributed by atoms with van der Waals surface area (Å²) in [4.78, 5) is 24.1. The number of aromatic hydroxyl groups is 1. The van der Waals surface area contributed by atoms with Gasteiger partial charge in [-0.05, 0) is 80.1 Å². The Labute approximate surface area is 242 Å². The van der Waals surface area contributed by atoms with E-state index >= 15 is 0 Å². The Morgan fingerprint density at radius 3 is 2.33 bits per heavy atom. The van der Waals surface area contributed by atoms with Gasteiger partial charge in [-0.15, -0.1) is 0 Å². The number of hydrogen-bond acceptors (Lipinski definition) is 11. The number of nitrogens with two attached hydrogens (primary N) is 2. The Bertz CT molecular complexity index is 1440. The first-order chi connectivity index (χ1) is 20.2. The number of furan rings is 1. The van der Waals surface area contributed by atoms with Gasteiger partial charge in [0, 0.05) is 13.1 Å². The van der Waals surface area contributed by atoms with E-state index in [-0.39, 0.29) is 53.4 Å². The second-order valence-electron chi connectivity index (χ2n) is 9.23. The highest BCUT2D eigenvalue weighted by Gasteiger charge is 2.31. The Morgan fingerprint density at radius 2 is 1.71 bits per heavy atom. The lowest BCUT2D eigenvalue weighted by Crippen LogP contribution is -2.28. The summed E-state index contributed by atoms with van der Waals surface area (Å²) < 4.78 is 5.28. The molecule has 224 valence electrons. The summed E-state index contributed by atoms with van der Waals surface area (Å²) >= 11 is 0. The maximum atomic E-state index is 13.1. The van der Waals surface area contributed by atoms with Crippen LogP contribution < -0.4 is 21.9 Å². The lowest BCUT2D eigenvalue weighted by atomic mass is 9.91. The summed E-state index contributed by atoms with van der Waals surface area (Å²) in [6, 6.07) is 13.6. The van der Waals surface area contributed by atoms with Gasteiger partial charge in [0.1, 0.15) is 5.76 Å². The highest BCUT2D eigenvalue weighted by atomic mass is 16.4. The number of phenols is 1. The van der Waals surface area contributed by atoms with Crippen molar-refractivity contribution in [2.75, 3.05) is 36.7 Å². The van der Waals surface area contributed by atoms with Crippen molar-refractivity contribution in [2.24, 2.45) is 21.7 Å². The number of aliphatic hydroxyl groups excluding tert-OH is 2. The van der Waals surface area contributed by atoms with E-state index in [2.05, 4.69) is 21.7 Å². The third-order valence-electron chi connectivity index (χ3n) is 6.23. The fourth-order valence-corrected chi connectivity index (χ4v) is 4.20. The zero-order valence-electron chi connectivity index (χ0n) is 23.3. The molecule has 5 rings (SSSR count). The van der Waals surface area contributed by atoms with Gasteiger partial charge in [-0.3, -0.25) is 10.2 Å². The predicted molar refractivity (Wildman–Crippen MR) is 160 cm³/mol. The van der Waals surface area contributed by atoms with Crippen LogP contribution in [0.1, 0.15) is 41.4 Å². The van der Waals surface area contributed by atoms with Crippen LogP contribution in [0.3, 0.4) is 0 Å². The number of nitrogens with one attached hydrogen (secondary N) is 1. The minimum Gasteiger partial charge on any atom is -0.505 e. The smallest absolute Gasteiger partial charge is 0.371 e. The van der Waals surface area contributed by atoms with Gasteiger partial charge in [0.15, 0.2) is 11.5 Å². The van der Waals surface area contributed by atoms with Crippen molar-refractivity contribution < 1.29 is 34.4 Å². The van der Waals surface area contributed by atoms with Crippen LogP contribution in [0.2, 0.25) is 0 Å². The van der Waals surface area contributed by atoms with Crippen molar-refractivity contribution >= 4 is 34.7 Å². The number of carboxylic acids is 1. The summed E-state index contributed by atoms with van der Waals surface area (Å²) in [5.74, 6) is -1.80. The maximum Gasteiger partial charge on any atom is 0.371 e. The number of carbonyl (C=O) groups is 2. The standard InChI is InChI=1S/C25H22N4O5.2C2H7NO/c1-14-22(24(31)29(28-14)17-10-9-15-5-2-3-6-16(15)13-17)27-26-19-8-4-7-18(23(19)30)20-11-12-21(34-20)25(32)33;2*3-1-2-4/h4,7-13,26,30H,2-3,5-6H2,1H3,(H,32,33);2*4H,1-3H2/b27-22-;;. The van der Waals surface area contributed by atoms with Crippen LogP contribution in [0.4, 0.5) is 11.4 Å². The first-order valence-corrected chi connectivity index (χ1v) is 13.4. The molecule has 0 unspecified atom stereocenters. The molecule has 0 radical (unpaired) electrons. The number of nitrogens with zero attached hydrogens (tertiary/aromatic N) is 3. The van der Waals surface area contributed by atoms with Crippen molar-refractivity contribution in [3.05, 3.63) is 65.4 Å². The Morgan fingerprint density at radius 1 is 1.05 bits per heavy atom. The lowest BCUT2D eigenvalue weighted by molar-refractivity contribution is -0.112. The number of aryl methyl sites for hydroxylation is 2. The molecular weight excluding hydrogens is 544 g/mol. The number of amides is 1. The van der Waals surface area contributed by atoms with E-state index in [9.17, 15) is 14.7 Å². The molecule has 0 saturated carbocycles. The van der Waals surface area contributed by atoms with Gasteiger partial charge in [-0.25, -0.2) is 4.79 Å². The third-order valence-corrected chi connectivity index (χ3v) is 6.23. The van der Waals surface area contributed by atoms with E-state index in [1.165, 1.54) is 34.7 Å². The molecule has 1 amide bonds. The monoisotopic (exact) mass is 580 g/mol. The number of aromatic carboxylic acids is 1. The summed E-state index contributed by atoms with van der Waals surface area (Å²) in [5.41, 5.74) is 16.7. The topological polar surface area (TPSA) is 220 Å². The van der Waals surface area contributed by atoms with E-state index in [0.717, 1.165) is 19.3 Å². The van der Waals surface area contributed by atoms with E-state index in [1.807, 2.05) is 12.1 Å². The first-order valence-electron chi connectivity index (χ1n) is 13.4. The number of carbonyl (C=O) groups excluding carboxylic acids is 1. The lowest BCUT2D eigenvalue weighted by Gasteiger charge is -2.19. The zero-order chi connectivity index (χ0) is 30.6. The quantitative estimate of drug-likeness (QED) is 0.160. The number of carboxylic acid groups (broad SMARTS) is 1. The number of hydrogen-bond donors (Lipinski definition) is 7. The van der Waals surface area contributed by atoms with Gasteiger partial charge >= 0.3 is 11.9 Å². The van der Waals surface area contributed by atoms with Gasteiger partial charge in [0.05, 0.1) is 35.9 Å². The van der Waals surface area contributed by atoms with Crippen LogP contribution in [0.15, 0.2) is 63.2 Å². The molecule has 2 aromatic carbocycles. The van der Waals surface area contributed by atoms with Crippen molar-refractivity contribution in [1.29, 1.82) is 0 Å². The molecule has 1 aliphatic heterocycles. The van der Waals surface area contributed by atoms with Crippen LogP contribution in [-0.2, 0) is 17.6 Å². The molecule has 3 aromatic rings. The molecule has 13 heteroatoms. The number of phenolic OH excluding ortho intramolecular Hbond substituents is 1. The van der Waals surface area contributed by atoms with Crippen LogP contribution in [0.5, 0.6) is 5.75 Å². The molecule has 1 aliphatic carbocycles. The van der Waals surface area contributed by atoms with E-state index < -0.39 is 5.97 Å². The number of rotatable bonds is 7. The molecule has 2 aliphatic rings. The molecule has 0 spiro atoms. The molecule has 0 saturated heterocycles. The van der Waals surface area contributed by atoms with Gasteiger partial charge in [-0.2, -0.15) is 15.2 Å². The molecule has 13 nitrogen and oxygen atoms in total. The summed E-state index contributed by atoms with van der Waals surface area (Å²) in [7, 11) is 0. The normalized spacial score (nSPS) is 14.8. The number of fused-ring (bicyclic) bond motifs is 1. The molecule has 0 bridgehead atoms. The first kappa shape index (κ1) is 32.0. The number of hydrazone groups is 2. The highest BCUT2D eigenvalue weighted by molar-refractivity contribution is 6.71. The number of anilines is 2. The molecule has 0 atom stereocenters. The maximum absolute atomic E-state index is 13.1. The van der Waals surface area contributed by atoms with Gasteiger partial charge in [0.2, 0.25) is 5.76 Å². The molecule has 1 aromatic heterocycles. The number of para-hydroxylation sites is 1. The van der Waals surface area contributed by atoms with Gasteiger partial charge in [0.25, 0.3) is 0 Å². The van der Waals surface area contributed by atoms with Gasteiger partial charge < -0.3 is 36.3 Å². The minimum absolute atomic E-state index is 0.0972. The average molecular weight is 581 g/mol. The van der Waals surface area contributed by atoms with Crippen LogP contribution >= 0.6 is 0 Å². The SMILES string of the molecule is CC1=NN(c2ccc3c(c2)CCCC3)C(=O)/C1=N\Nc1cccc(-c2ccc(C(=O)O)o2)c1O.NCCO.NCCO. The molecule has 9 N–H and O–H groups in total. The van der Waals surface area contributed by atoms with Crippen molar-refractivity contribution in [2.45, 2.75) is 32.6 Å². The van der Waals surface area contributed by atoms with E-state index in [4.69, 9.17) is 31.2 Å². The Hall–Kier alpha value is -4.56. The Balaban J connectivity index is 0.000000540.